The average molecular weight is 450 g/mol. The Morgan fingerprint density at radius 3 is 2.18 bits per heavy atom. The molecular formula is C32H35NO. The molecule has 2 aromatic rings. The van der Waals surface area contributed by atoms with Crippen LogP contribution in [0.3, 0.4) is 0 Å². The van der Waals surface area contributed by atoms with Crippen LogP contribution in [0, 0.1) is 26.2 Å². The zero-order chi connectivity index (χ0) is 24.4. The number of carbonyl (C=O) groups is 1. The van der Waals surface area contributed by atoms with Crippen molar-refractivity contribution in [3.8, 4) is 27.9 Å². The van der Waals surface area contributed by atoms with Gasteiger partial charge in [-0.05, 0) is 84.0 Å². The third-order valence-electron chi connectivity index (χ3n) is 7.58. The zero-order valence-corrected chi connectivity index (χ0v) is 21.5. The second kappa shape index (κ2) is 7.98. The van der Waals surface area contributed by atoms with E-state index < -0.39 is 0 Å². The molecule has 1 heterocycles. The number of hydrogen-bond acceptors (Lipinski definition) is 1. The third kappa shape index (κ3) is 3.52. The smallest absolute Gasteiger partial charge is 0.165 e. The summed E-state index contributed by atoms with van der Waals surface area (Å²) in [6.45, 7) is 15.5. The molecule has 34 heavy (non-hydrogen) atoms. The minimum atomic E-state index is -0.0444. The number of aromatic nitrogens is 1. The Hall–Kier alpha value is -3.13. The Morgan fingerprint density at radius 1 is 0.794 bits per heavy atom. The molecule has 2 heteroatoms. The first-order valence-electron chi connectivity index (χ1n) is 12.5. The first-order chi connectivity index (χ1) is 16.1. The van der Waals surface area contributed by atoms with Crippen LogP contribution in [0.4, 0.5) is 0 Å². The fourth-order valence-corrected chi connectivity index (χ4v) is 5.91. The maximum Gasteiger partial charge on any atom is 0.165 e. The van der Waals surface area contributed by atoms with E-state index in [0.29, 0.717) is 12.3 Å². The molecule has 0 amide bonds. The Kier molecular flexibility index (Phi) is 5.31. The van der Waals surface area contributed by atoms with Crippen molar-refractivity contribution >= 4 is 5.78 Å². The van der Waals surface area contributed by atoms with Gasteiger partial charge in [-0.2, -0.15) is 0 Å². The van der Waals surface area contributed by atoms with Gasteiger partial charge in [0.15, 0.2) is 5.78 Å². The molecular weight excluding hydrogens is 414 g/mol. The van der Waals surface area contributed by atoms with Gasteiger partial charge in [0, 0.05) is 34.6 Å². The number of fused-ring (bicyclic) bond motifs is 2. The molecule has 0 saturated carbocycles. The van der Waals surface area contributed by atoms with Gasteiger partial charge in [-0.15, -0.1) is 0 Å². The van der Waals surface area contributed by atoms with Crippen molar-refractivity contribution in [2.45, 2.75) is 67.2 Å². The molecule has 0 fully saturated rings. The molecule has 174 valence electrons. The van der Waals surface area contributed by atoms with Crippen molar-refractivity contribution in [2.24, 2.45) is 5.41 Å². The Balaban J connectivity index is 1.86. The number of nitrogens with zero attached hydrogens (tertiary/aromatic N) is 1. The van der Waals surface area contributed by atoms with Crippen LogP contribution in [0.2, 0.25) is 0 Å². The van der Waals surface area contributed by atoms with E-state index in [1.165, 1.54) is 33.4 Å². The summed E-state index contributed by atoms with van der Waals surface area (Å²) >= 11 is 0. The normalized spacial score (nSPS) is 15.2. The van der Waals surface area contributed by atoms with Crippen LogP contribution in [0.1, 0.15) is 78.5 Å². The summed E-state index contributed by atoms with van der Waals surface area (Å²) in [6, 6.07) is 19.7. The first-order valence-corrected chi connectivity index (χ1v) is 12.5. The number of hydrogen-bond donors (Lipinski definition) is 0. The molecule has 2 nitrogen and oxygen atoms in total. The number of aryl methyl sites for hydroxylation is 2. The van der Waals surface area contributed by atoms with E-state index in [9.17, 15) is 4.79 Å². The van der Waals surface area contributed by atoms with Gasteiger partial charge in [0.25, 0.3) is 0 Å². The highest BCUT2D eigenvalue weighted by Crippen LogP contribution is 2.48. The van der Waals surface area contributed by atoms with Crippen LogP contribution < -0.4 is 0 Å². The fraction of sp³-hybridized carbons (Fsp3) is 0.344. The molecule has 0 bridgehead atoms. The monoisotopic (exact) mass is 449 g/mol. The van der Waals surface area contributed by atoms with Gasteiger partial charge in [0.2, 0.25) is 0 Å². The van der Waals surface area contributed by atoms with Crippen molar-refractivity contribution in [1.82, 2.24) is 4.57 Å². The van der Waals surface area contributed by atoms with Crippen molar-refractivity contribution in [3.05, 3.63) is 88.2 Å². The van der Waals surface area contributed by atoms with Crippen LogP contribution in [0.5, 0.6) is 0 Å². The molecule has 0 spiro atoms. The van der Waals surface area contributed by atoms with E-state index in [-0.39, 0.29) is 11.2 Å². The van der Waals surface area contributed by atoms with Crippen LogP contribution in [-0.2, 0) is 6.42 Å². The van der Waals surface area contributed by atoms with E-state index in [1.54, 1.807) is 0 Å². The highest BCUT2D eigenvalue weighted by atomic mass is 16.1. The predicted molar refractivity (Wildman–Crippen MR) is 143 cm³/mol. The van der Waals surface area contributed by atoms with Gasteiger partial charge < -0.3 is 4.57 Å². The number of ketones is 1. The van der Waals surface area contributed by atoms with Gasteiger partial charge in [-0.3, -0.25) is 4.79 Å². The largest absolute Gasteiger partial charge is 0.317 e. The lowest BCUT2D eigenvalue weighted by Crippen LogP contribution is -2.28. The second-order valence-corrected chi connectivity index (χ2v) is 11.2. The highest BCUT2D eigenvalue weighted by Gasteiger charge is 2.38. The Morgan fingerprint density at radius 2 is 1.50 bits per heavy atom. The topological polar surface area (TPSA) is 22.0 Å². The minimum absolute atomic E-state index is 0.0444. The predicted octanol–water partition coefficient (Wildman–Crippen LogP) is 8.45. The molecule has 0 atom stereocenters. The maximum absolute atomic E-state index is 13.7. The summed E-state index contributed by atoms with van der Waals surface area (Å²) in [7, 11) is 0. The fourth-order valence-electron chi connectivity index (χ4n) is 5.91. The molecule has 5 rings (SSSR count). The lowest BCUT2D eigenvalue weighted by atomic mass is 9.75. The van der Waals surface area contributed by atoms with E-state index in [2.05, 4.69) is 108 Å². The van der Waals surface area contributed by atoms with Crippen molar-refractivity contribution < 1.29 is 4.79 Å². The lowest BCUT2D eigenvalue weighted by molar-refractivity contribution is 0.0911. The lowest BCUT2D eigenvalue weighted by Gasteiger charge is -2.30. The van der Waals surface area contributed by atoms with E-state index in [0.717, 1.165) is 34.6 Å². The van der Waals surface area contributed by atoms with Gasteiger partial charge in [-0.1, -0.05) is 70.2 Å². The zero-order valence-electron chi connectivity index (χ0n) is 21.5. The summed E-state index contributed by atoms with van der Waals surface area (Å²) in [6.07, 6.45) is 1.48. The Labute approximate surface area is 204 Å². The number of Topliss-reactive ketones (excluding diaryl/α,β-unsaturated/α-hetero) is 1. The maximum atomic E-state index is 13.7. The SMILES string of the molecule is Cc1cc(-c2c3c(n(-c4ccccc4)c2C)CC(C)(C)CC3=O)c2c(C)ccc(C(C)C)cc1-2. The van der Waals surface area contributed by atoms with Crippen molar-refractivity contribution in [1.29, 1.82) is 0 Å². The number of carbonyl (C=O) groups excluding carboxylic acids is 1. The quantitative estimate of drug-likeness (QED) is 0.307. The molecule has 0 aliphatic heterocycles. The van der Waals surface area contributed by atoms with Gasteiger partial charge in [0.05, 0.1) is 0 Å². The summed E-state index contributed by atoms with van der Waals surface area (Å²) in [4.78, 5) is 13.7. The number of rotatable bonds is 3. The van der Waals surface area contributed by atoms with E-state index in [4.69, 9.17) is 0 Å². The highest BCUT2D eigenvalue weighted by molar-refractivity contribution is 6.08. The number of benzene rings is 1. The van der Waals surface area contributed by atoms with Crippen molar-refractivity contribution in [3.63, 3.8) is 0 Å². The average Bonchev–Trinajstić information content (AvgIpc) is 3.15. The van der Waals surface area contributed by atoms with Gasteiger partial charge in [0.1, 0.15) is 0 Å². The summed E-state index contributed by atoms with van der Waals surface area (Å²) in [5, 5.41) is 0. The van der Waals surface area contributed by atoms with Gasteiger partial charge in [-0.25, -0.2) is 0 Å². The summed E-state index contributed by atoms with van der Waals surface area (Å²) in [5.41, 5.74) is 13.1. The molecule has 0 N–H and O–H groups in total. The number of para-hydroxylation sites is 1. The summed E-state index contributed by atoms with van der Waals surface area (Å²) < 4.78 is 2.34. The Bertz CT molecular complexity index is 1380. The van der Waals surface area contributed by atoms with E-state index >= 15 is 0 Å². The van der Waals surface area contributed by atoms with Crippen molar-refractivity contribution in [2.75, 3.05) is 0 Å². The first kappa shape index (κ1) is 22.7. The van der Waals surface area contributed by atoms with E-state index in [1.807, 2.05) is 0 Å². The van der Waals surface area contributed by atoms with Crippen LogP contribution >= 0.6 is 0 Å². The molecule has 1 aromatic heterocycles. The van der Waals surface area contributed by atoms with Crippen LogP contribution in [0.25, 0.3) is 27.9 Å². The summed E-state index contributed by atoms with van der Waals surface area (Å²) in [5.74, 6) is 0.733. The molecule has 3 aliphatic carbocycles. The third-order valence-corrected chi connectivity index (χ3v) is 7.58. The standard InChI is InChI=1S/C32H35NO/c1-19(2)23-14-13-20(3)29-25(16-23)21(4)15-26(29)30-22(5)33(24-11-9-8-10-12-24)27-17-32(6,7)18-28(34)31(27)30/h8-16,19H,17-18H2,1-7H3. The van der Waals surface area contributed by atoms with Crippen LogP contribution in [-0.4, -0.2) is 10.4 Å². The van der Waals surface area contributed by atoms with Gasteiger partial charge >= 0.3 is 0 Å². The van der Waals surface area contributed by atoms with Crippen LogP contribution in [0.15, 0.2) is 54.6 Å². The molecule has 0 unspecified atom stereocenters. The molecule has 0 radical (unpaired) electrons. The second-order valence-electron chi connectivity index (χ2n) is 11.2. The molecule has 1 aromatic carbocycles. The molecule has 3 aliphatic rings. The molecule has 0 saturated heterocycles. The minimum Gasteiger partial charge on any atom is -0.317 e.